The summed E-state index contributed by atoms with van der Waals surface area (Å²) in [6, 6.07) is 6.28. The molecule has 0 atom stereocenters. The minimum absolute atomic E-state index is 0. The Labute approximate surface area is 181 Å². The third kappa shape index (κ3) is 7.46. The van der Waals surface area contributed by atoms with Crippen LogP contribution in [0.3, 0.4) is 0 Å². The van der Waals surface area contributed by atoms with E-state index < -0.39 is 0 Å². The molecule has 0 amide bonds. The predicted octanol–water partition coefficient (Wildman–Crippen LogP) is 2.79. The predicted molar refractivity (Wildman–Crippen MR) is 122 cm³/mol. The van der Waals surface area contributed by atoms with Crippen molar-refractivity contribution in [2.45, 2.75) is 39.8 Å². The summed E-state index contributed by atoms with van der Waals surface area (Å²) in [5.41, 5.74) is 2.42. The van der Waals surface area contributed by atoms with Gasteiger partial charge in [0.05, 0.1) is 19.8 Å². The molecular weight excluding hydrogens is 455 g/mol. The van der Waals surface area contributed by atoms with E-state index in [1.54, 1.807) is 7.05 Å². The van der Waals surface area contributed by atoms with E-state index in [4.69, 9.17) is 9.47 Å². The molecule has 0 aliphatic carbocycles. The molecule has 1 saturated heterocycles. The Kier molecular flexibility index (Phi) is 10.4. The Morgan fingerprint density at radius 3 is 2.56 bits per heavy atom. The number of hydrogen-bond donors (Lipinski definition) is 2. The molecule has 1 fully saturated rings. The summed E-state index contributed by atoms with van der Waals surface area (Å²) in [6.07, 6.45) is 0. The van der Waals surface area contributed by atoms with Gasteiger partial charge in [0.1, 0.15) is 5.75 Å². The number of halogens is 1. The molecule has 0 bridgehead atoms. The zero-order valence-corrected chi connectivity index (χ0v) is 19.6. The normalized spacial score (nSPS) is 15.8. The van der Waals surface area contributed by atoms with E-state index >= 15 is 0 Å². The second-order valence-corrected chi connectivity index (χ2v) is 7.22. The van der Waals surface area contributed by atoms with Crippen molar-refractivity contribution in [1.29, 1.82) is 0 Å². The minimum atomic E-state index is 0. The van der Waals surface area contributed by atoms with Crippen LogP contribution >= 0.6 is 24.0 Å². The van der Waals surface area contributed by atoms with Crippen molar-refractivity contribution in [2.24, 2.45) is 4.99 Å². The summed E-state index contributed by atoms with van der Waals surface area (Å²) < 4.78 is 11.1. The number of nitrogens with one attached hydrogen (secondary N) is 2. The van der Waals surface area contributed by atoms with Gasteiger partial charge in [0, 0.05) is 38.8 Å². The van der Waals surface area contributed by atoms with Crippen LogP contribution in [-0.4, -0.2) is 62.9 Å². The molecule has 1 aliphatic heterocycles. The smallest absolute Gasteiger partial charge is 0.191 e. The fourth-order valence-corrected chi connectivity index (χ4v) is 3.13. The van der Waals surface area contributed by atoms with E-state index in [9.17, 15) is 0 Å². The molecule has 7 heteroatoms. The van der Waals surface area contributed by atoms with Crippen LogP contribution in [0.2, 0.25) is 0 Å². The van der Waals surface area contributed by atoms with Gasteiger partial charge in [-0.2, -0.15) is 0 Å². The Morgan fingerprint density at radius 2 is 1.96 bits per heavy atom. The molecule has 0 saturated carbocycles. The highest BCUT2D eigenvalue weighted by molar-refractivity contribution is 14.0. The molecule has 1 aliphatic rings. The molecule has 27 heavy (non-hydrogen) atoms. The Hall–Kier alpha value is -1.06. The minimum Gasteiger partial charge on any atom is -0.494 e. The highest BCUT2D eigenvalue weighted by atomic mass is 127. The SMILES string of the molecule is CCOc1ccc(CNC(=NC)NCC(C)(C)N2CCOCC2)cc1C.I. The molecule has 2 rings (SSSR count). The molecule has 1 aromatic carbocycles. The molecule has 6 nitrogen and oxygen atoms in total. The van der Waals surface area contributed by atoms with Crippen molar-refractivity contribution < 1.29 is 9.47 Å². The Morgan fingerprint density at radius 1 is 1.26 bits per heavy atom. The lowest BCUT2D eigenvalue weighted by atomic mass is 10.0. The summed E-state index contributed by atoms with van der Waals surface area (Å²) in [5, 5.41) is 6.85. The van der Waals surface area contributed by atoms with Crippen LogP contribution in [-0.2, 0) is 11.3 Å². The monoisotopic (exact) mass is 490 g/mol. The molecule has 1 heterocycles. The number of benzene rings is 1. The van der Waals surface area contributed by atoms with Gasteiger partial charge in [-0.1, -0.05) is 12.1 Å². The Balaban J connectivity index is 0.00000364. The molecule has 0 unspecified atom stereocenters. The van der Waals surface area contributed by atoms with Gasteiger partial charge in [-0.15, -0.1) is 24.0 Å². The maximum Gasteiger partial charge on any atom is 0.191 e. The number of guanidine groups is 1. The molecule has 0 aromatic heterocycles. The summed E-state index contributed by atoms with van der Waals surface area (Å²) in [5.74, 6) is 1.77. The first kappa shape index (κ1) is 24.0. The van der Waals surface area contributed by atoms with Crippen LogP contribution in [0.4, 0.5) is 0 Å². The third-order valence-corrected chi connectivity index (χ3v) is 4.78. The van der Waals surface area contributed by atoms with Crippen molar-refractivity contribution in [2.75, 3.05) is 46.5 Å². The van der Waals surface area contributed by atoms with E-state index in [2.05, 4.69) is 53.4 Å². The lowest BCUT2D eigenvalue weighted by Gasteiger charge is -2.41. The zero-order chi connectivity index (χ0) is 19.0. The van der Waals surface area contributed by atoms with Crippen LogP contribution in [0.15, 0.2) is 23.2 Å². The van der Waals surface area contributed by atoms with Crippen LogP contribution in [0, 0.1) is 6.92 Å². The summed E-state index contributed by atoms with van der Waals surface area (Å²) in [7, 11) is 1.81. The van der Waals surface area contributed by atoms with Crippen LogP contribution in [0.25, 0.3) is 0 Å². The van der Waals surface area contributed by atoms with Crippen molar-refractivity contribution in [3.05, 3.63) is 29.3 Å². The number of nitrogens with zero attached hydrogens (tertiary/aromatic N) is 2. The number of hydrogen-bond acceptors (Lipinski definition) is 4. The molecule has 0 radical (unpaired) electrons. The van der Waals surface area contributed by atoms with Gasteiger partial charge in [0.25, 0.3) is 0 Å². The van der Waals surface area contributed by atoms with Gasteiger partial charge in [-0.25, -0.2) is 0 Å². The number of aryl methyl sites for hydroxylation is 1. The topological polar surface area (TPSA) is 58.1 Å². The lowest BCUT2D eigenvalue weighted by Crippen LogP contribution is -2.56. The standard InChI is InChI=1S/C20H34N4O2.HI/c1-6-26-18-8-7-17(13-16(18)2)14-22-19(21-5)23-15-20(3,4)24-9-11-25-12-10-24;/h7-8,13H,6,9-12,14-15H2,1-5H3,(H2,21,22,23);1H. The van der Waals surface area contributed by atoms with E-state index in [0.29, 0.717) is 6.61 Å². The van der Waals surface area contributed by atoms with Gasteiger partial charge in [-0.05, 0) is 44.9 Å². The highest BCUT2D eigenvalue weighted by Crippen LogP contribution is 2.19. The Bertz CT molecular complexity index is 602. The second kappa shape index (κ2) is 11.7. The van der Waals surface area contributed by atoms with Crippen LogP contribution in [0.1, 0.15) is 31.9 Å². The number of morpholine rings is 1. The van der Waals surface area contributed by atoms with Crippen molar-refractivity contribution in [1.82, 2.24) is 15.5 Å². The molecule has 0 spiro atoms. The van der Waals surface area contributed by atoms with E-state index in [1.807, 2.05) is 13.0 Å². The highest BCUT2D eigenvalue weighted by Gasteiger charge is 2.28. The van der Waals surface area contributed by atoms with Crippen molar-refractivity contribution >= 4 is 29.9 Å². The average molecular weight is 490 g/mol. The number of aliphatic imine (C=N–C) groups is 1. The summed E-state index contributed by atoms with van der Waals surface area (Å²) in [6.45, 7) is 14.4. The van der Waals surface area contributed by atoms with Crippen LogP contribution < -0.4 is 15.4 Å². The van der Waals surface area contributed by atoms with Crippen molar-refractivity contribution in [3.8, 4) is 5.75 Å². The zero-order valence-electron chi connectivity index (χ0n) is 17.3. The van der Waals surface area contributed by atoms with Crippen molar-refractivity contribution in [3.63, 3.8) is 0 Å². The molecule has 1 aromatic rings. The number of ether oxygens (including phenoxy) is 2. The molecule has 2 N–H and O–H groups in total. The van der Waals surface area contributed by atoms with E-state index in [1.165, 1.54) is 5.56 Å². The van der Waals surface area contributed by atoms with Gasteiger partial charge < -0.3 is 20.1 Å². The molecular formula is C20H35IN4O2. The van der Waals surface area contributed by atoms with Gasteiger partial charge in [-0.3, -0.25) is 9.89 Å². The van der Waals surface area contributed by atoms with Gasteiger partial charge in [0.2, 0.25) is 0 Å². The lowest BCUT2D eigenvalue weighted by molar-refractivity contribution is -0.00834. The van der Waals surface area contributed by atoms with E-state index in [-0.39, 0.29) is 29.5 Å². The summed E-state index contributed by atoms with van der Waals surface area (Å²) in [4.78, 5) is 6.81. The first-order valence-corrected chi connectivity index (χ1v) is 9.46. The van der Waals surface area contributed by atoms with Gasteiger partial charge >= 0.3 is 0 Å². The molecule has 154 valence electrons. The quantitative estimate of drug-likeness (QED) is 0.350. The van der Waals surface area contributed by atoms with Gasteiger partial charge in [0.15, 0.2) is 5.96 Å². The maximum atomic E-state index is 5.60. The largest absolute Gasteiger partial charge is 0.494 e. The number of rotatable bonds is 7. The third-order valence-electron chi connectivity index (χ3n) is 4.78. The first-order valence-electron chi connectivity index (χ1n) is 9.46. The average Bonchev–Trinajstić information content (AvgIpc) is 2.65. The fourth-order valence-electron chi connectivity index (χ4n) is 3.13. The maximum absolute atomic E-state index is 5.60. The fraction of sp³-hybridized carbons (Fsp3) is 0.650. The van der Waals surface area contributed by atoms with Crippen LogP contribution in [0.5, 0.6) is 5.75 Å². The first-order chi connectivity index (χ1) is 12.5. The van der Waals surface area contributed by atoms with E-state index in [0.717, 1.165) is 56.7 Å². The second-order valence-electron chi connectivity index (χ2n) is 7.22. The summed E-state index contributed by atoms with van der Waals surface area (Å²) >= 11 is 0.